The fourth-order valence-corrected chi connectivity index (χ4v) is 3.12. The van der Waals surface area contributed by atoms with Crippen molar-refractivity contribution in [2.75, 3.05) is 0 Å². The van der Waals surface area contributed by atoms with Gasteiger partial charge in [0.05, 0.1) is 5.56 Å². The largest absolute Gasteiger partial charge is 0.434 e. The first-order valence-electron chi connectivity index (χ1n) is 8.04. The number of fused-ring (bicyclic) bond motifs is 1. The lowest BCUT2D eigenvalue weighted by Gasteiger charge is -2.14. The van der Waals surface area contributed by atoms with Crippen LogP contribution in [0.1, 0.15) is 31.0 Å². The number of ether oxygens (including phenoxy) is 1. The summed E-state index contributed by atoms with van der Waals surface area (Å²) in [5.41, 5.74) is 2.16. The molecule has 3 aromatic rings. The summed E-state index contributed by atoms with van der Waals surface area (Å²) >= 11 is 5.90. The second kappa shape index (κ2) is 6.72. The third-order valence-electron chi connectivity index (χ3n) is 4.23. The number of alkyl halides is 2. The van der Waals surface area contributed by atoms with Crippen LogP contribution in [0.5, 0.6) is 5.75 Å². The van der Waals surface area contributed by atoms with Gasteiger partial charge in [-0.15, -0.1) is 5.10 Å². The Balaban J connectivity index is 2.33. The van der Waals surface area contributed by atoms with Gasteiger partial charge in [0, 0.05) is 17.8 Å². The van der Waals surface area contributed by atoms with Gasteiger partial charge in [0.1, 0.15) is 11.3 Å². The van der Waals surface area contributed by atoms with Gasteiger partial charge in [-0.25, -0.2) is 4.52 Å². The molecule has 8 heteroatoms. The van der Waals surface area contributed by atoms with Crippen LogP contribution in [0.15, 0.2) is 29.1 Å². The highest BCUT2D eigenvalue weighted by molar-refractivity contribution is 6.30. The highest BCUT2D eigenvalue weighted by atomic mass is 35.5. The van der Waals surface area contributed by atoms with Crippen molar-refractivity contribution in [1.82, 2.24) is 14.2 Å². The van der Waals surface area contributed by atoms with Crippen molar-refractivity contribution in [3.8, 4) is 17.1 Å². The Morgan fingerprint density at radius 1 is 1.23 bits per heavy atom. The summed E-state index contributed by atoms with van der Waals surface area (Å²) in [5, 5.41) is 4.76. The molecule has 0 aliphatic carbocycles. The quantitative estimate of drug-likeness (QED) is 0.673. The van der Waals surface area contributed by atoms with E-state index in [1.165, 1.54) is 22.8 Å². The average Bonchev–Trinajstić information content (AvgIpc) is 2.88. The number of benzene rings is 1. The fourth-order valence-electron chi connectivity index (χ4n) is 2.96. The number of hydrogen-bond donors (Lipinski definition) is 0. The molecule has 26 heavy (non-hydrogen) atoms. The molecule has 0 fully saturated rings. The first kappa shape index (κ1) is 18.4. The summed E-state index contributed by atoms with van der Waals surface area (Å²) in [5.74, 6) is 0.222. The minimum Gasteiger partial charge on any atom is -0.434 e. The number of aryl methyl sites for hydroxylation is 1. The lowest BCUT2D eigenvalue weighted by molar-refractivity contribution is -0.0494. The van der Waals surface area contributed by atoms with E-state index in [1.807, 2.05) is 26.8 Å². The van der Waals surface area contributed by atoms with Gasteiger partial charge in [0.2, 0.25) is 0 Å². The van der Waals surface area contributed by atoms with E-state index < -0.39 is 6.61 Å². The summed E-state index contributed by atoms with van der Waals surface area (Å²) in [6.07, 6.45) is 0. The zero-order valence-electron chi connectivity index (χ0n) is 14.8. The average molecular weight is 382 g/mol. The Hall–Kier alpha value is -2.41. The van der Waals surface area contributed by atoms with E-state index in [0.29, 0.717) is 5.52 Å². The van der Waals surface area contributed by atoms with Crippen LogP contribution >= 0.6 is 11.6 Å². The lowest BCUT2D eigenvalue weighted by Crippen LogP contribution is -2.24. The first-order chi connectivity index (χ1) is 12.2. The van der Waals surface area contributed by atoms with Crippen LogP contribution < -0.4 is 10.3 Å². The van der Waals surface area contributed by atoms with Gasteiger partial charge in [0.15, 0.2) is 5.82 Å². The first-order valence-corrected chi connectivity index (χ1v) is 8.42. The predicted octanol–water partition coefficient (Wildman–Crippen LogP) is 4.39. The van der Waals surface area contributed by atoms with E-state index in [-0.39, 0.29) is 33.6 Å². The molecule has 0 saturated carbocycles. The molecule has 0 spiro atoms. The van der Waals surface area contributed by atoms with Crippen LogP contribution in [0.4, 0.5) is 8.78 Å². The molecule has 0 saturated heterocycles. The normalized spacial score (nSPS) is 11.7. The number of rotatable bonds is 4. The Labute approximate surface area is 153 Å². The topological polar surface area (TPSA) is 48.5 Å². The molecule has 0 bridgehead atoms. The second-order valence-electron chi connectivity index (χ2n) is 6.36. The van der Waals surface area contributed by atoms with Crippen molar-refractivity contribution >= 4 is 17.1 Å². The van der Waals surface area contributed by atoms with Crippen LogP contribution in [0.3, 0.4) is 0 Å². The molecule has 138 valence electrons. The SMILES string of the molecule is Cc1cc(C(C)C)c2c(=O)n(C)c(-c3ccc(Cl)cc3OC(F)F)nn12. The Bertz CT molecular complexity index is 1040. The highest BCUT2D eigenvalue weighted by Crippen LogP contribution is 2.32. The van der Waals surface area contributed by atoms with Gasteiger partial charge >= 0.3 is 6.61 Å². The second-order valence-corrected chi connectivity index (χ2v) is 6.80. The molecule has 0 aliphatic heterocycles. The van der Waals surface area contributed by atoms with Gasteiger partial charge in [-0.05, 0) is 42.7 Å². The summed E-state index contributed by atoms with van der Waals surface area (Å²) in [6.45, 7) is 2.81. The highest BCUT2D eigenvalue weighted by Gasteiger charge is 2.21. The molecule has 3 rings (SSSR count). The third-order valence-corrected chi connectivity index (χ3v) is 4.46. The molecular weight excluding hydrogens is 364 g/mol. The summed E-state index contributed by atoms with van der Waals surface area (Å²) < 4.78 is 33.0. The minimum absolute atomic E-state index is 0.136. The fraction of sp³-hybridized carbons (Fsp3) is 0.333. The van der Waals surface area contributed by atoms with E-state index in [2.05, 4.69) is 9.84 Å². The van der Waals surface area contributed by atoms with Crippen molar-refractivity contribution in [1.29, 1.82) is 0 Å². The Morgan fingerprint density at radius 3 is 2.54 bits per heavy atom. The summed E-state index contributed by atoms with van der Waals surface area (Å²) in [6, 6.07) is 6.24. The maximum atomic E-state index is 12.9. The van der Waals surface area contributed by atoms with Crippen LogP contribution in [0.25, 0.3) is 16.9 Å². The van der Waals surface area contributed by atoms with Crippen molar-refractivity contribution in [2.45, 2.75) is 33.3 Å². The Morgan fingerprint density at radius 2 is 1.92 bits per heavy atom. The molecule has 2 heterocycles. The molecule has 1 aromatic carbocycles. The molecule has 0 atom stereocenters. The summed E-state index contributed by atoms with van der Waals surface area (Å²) in [4.78, 5) is 12.9. The van der Waals surface area contributed by atoms with Crippen molar-refractivity contribution in [2.24, 2.45) is 7.05 Å². The number of hydrogen-bond acceptors (Lipinski definition) is 3. The van der Waals surface area contributed by atoms with Crippen molar-refractivity contribution in [3.05, 3.63) is 50.9 Å². The zero-order chi connectivity index (χ0) is 19.2. The number of nitrogens with zero attached hydrogens (tertiary/aromatic N) is 3. The standard InChI is InChI=1S/C18H18ClF2N3O2/c1-9(2)13-7-10(3)24-15(13)17(25)23(4)16(22-24)12-6-5-11(19)8-14(12)26-18(20)21/h5-9,18H,1-4H3. The van der Waals surface area contributed by atoms with Gasteiger partial charge in [-0.3, -0.25) is 9.36 Å². The molecule has 0 aliphatic rings. The van der Waals surface area contributed by atoms with Crippen LogP contribution in [0, 0.1) is 6.92 Å². The molecule has 0 unspecified atom stereocenters. The molecule has 0 amide bonds. The molecular formula is C18H18ClF2N3O2. The van der Waals surface area contributed by atoms with Gasteiger partial charge in [-0.2, -0.15) is 8.78 Å². The van der Waals surface area contributed by atoms with E-state index in [0.717, 1.165) is 11.3 Å². The lowest BCUT2D eigenvalue weighted by atomic mass is 10.1. The van der Waals surface area contributed by atoms with Crippen LogP contribution in [-0.4, -0.2) is 20.8 Å². The van der Waals surface area contributed by atoms with Gasteiger partial charge in [0.25, 0.3) is 5.56 Å². The van der Waals surface area contributed by atoms with Crippen molar-refractivity contribution in [3.63, 3.8) is 0 Å². The maximum absolute atomic E-state index is 12.9. The molecule has 2 aromatic heterocycles. The van der Waals surface area contributed by atoms with Crippen LogP contribution in [-0.2, 0) is 7.05 Å². The van der Waals surface area contributed by atoms with E-state index in [4.69, 9.17) is 11.6 Å². The number of aromatic nitrogens is 3. The maximum Gasteiger partial charge on any atom is 0.387 e. The predicted molar refractivity (Wildman–Crippen MR) is 96.3 cm³/mol. The molecule has 5 nitrogen and oxygen atoms in total. The van der Waals surface area contributed by atoms with Crippen molar-refractivity contribution < 1.29 is 13.5 Å². The summed E-state index contributed by atoms with van der Waals surface area (Å²) in [7, 11) is 1.55. The van der Waals surface area contributed by atoms with Crippen LogP contribution in [0.2, 0.25) is 5.02 Å². The van der Waals surface area contributed by atoms with E-state index in [9.17, 15) is 13.6 Å². The zero-order valence-corrected chi connectivity index (χ0v) is 15.5. The van der Waals surface area contributed by atoms with E-state index >= 15 is 0 Å². The van der Waals surface area contributed by atoms with E-state index in [1.54, 1.807) is 11.6 Å². The Kier molecular flexibility index (Phi) is 4.75. The number of halogens is 3. The smallest absolute Gasteiger partial charge is 0.387 e. The molecule has 0 N–H and O–H groups in total. The third kappa shape index (κ3) is 3.07. The van der Waals surface area contributed by atoms with Gasteiger partial charge in [-0.1, -0.05) is 25.4 Å². The molecule has 0 radical (unpaired) electrons. The monoisotopic (exact) mass is 381 g/mol. The van der Waals surface area contributed by atoms with Gasteiger partial charge < -0.3 is 4.74 Å². The minimum atomic E-state index is -3.02.